The van der Waals surface area contributed by atoms with Gasteiger partial charge in [-0.25, -0.2) is 4.68 Å². The highest BCUT2D eigenvalue weighted by Crippen LogP contribution is 2.48. The number of carbonyl (C=O) groups is 1. The molecule has 1 aliphatic rings. The van der Waals surface area contributed by atoms with Crippen LogP contribution in [0.25, 0.3) is 5.69 Å². The summed E-state index contributed by atoms with van der Waals surface area (Å²) in [6, 6.07) is 16.3. The smallest absolute Gasteiger partial charge is 0.383 e. The Balaban J connectivity index is 1.58. The molecule has 4 rings (SSSR count). The molecular formula is C26H29F3N4O2. The van der Waals surface area contributed by atoms with E-state index in [-0.39, 0.29) is 11.4 Å². The number of nitrogen functional groups attached to an aromatic ring is 1. The first kappa shape index (κ1) is 24.8. The monoisotopic (exact) mass is 486 g/mol. The van der Waals surface area contributed by atoms with E-state index in [2.05, 4.69) is 10.4 Å². The number of aliphatic hydroxyl groups is 1. The average molecular weight is 487 g/mol. The molecule has 3 aromatic rings. The van der Waals surface area contributed by atoms with E-state index >= 15 is 0 Å². The summed E-state index contributed by atoms with van der Waals surface area (Å²) in [4.78, 5) is 12.8. The zero-order valence-corrected chi connectivity index (χ0v) is 19.5. The SMILES string of the molecule is CCC1(CC(O)(CNC(=O)c2cnn(-c3ccccc3)c2N)C(F)(F)F)CCCc2ccccc21. The number of alkyl halides is 3. The van der Waals surface area contributed by atoms with Gasteiger partial charge in [0.1, 0.15) is 11.4 Å². The van der Waals surface area contributed by atoms with Gasteiger partial charge in [-0.05, 0) is 60.8 Å². The second-order valence-electron chi connectivity index (χ2n) is 9.22. The summed E-state index contributed by atoms with van der Waals surface area (Å²) in [7, 11) is 0. The molecule has 0 saturated heterocycles. The highest BCUT2D eigenvalue weighted by atomic mass is 19.4. The van der Waals surface area contributed by atoms with Crippen LogP contribution in [0.5, 0.6) is 0 Å². The van der Waals surface area contributed by atoms with E-state index in [1.807, 2.05) is 37.3 Å². The highest BCUT2D eigenvalue weighted by molar-refractivity contribution is 5.98. The number of para-hydroxylation sites is 1. The molecule has 4 N–H and O–H groups in total. The first-order valence-corrected chi connectivity index (χ1v) is 11.6. The highest BCUT2D eigenvalue weighted by Gasteiger charge is 2.57. The molecule has 9 heteroatoms. The Morgan fingerprint density at radius 3 is 2.54 bits per heavy atom. The number of nitrogens with two attached hydrogens (primary N) is 1. The Morgan fingerprint density at radius 1 is 1.17 bits per heavy atom. The van der Waals surface area contributed by atoms with Crippen LogP contribution >= 0.6 is 0 Å². The number of rotatable bonds is 7. The molecule has 1 heterocycles. The molecule has 0 radical (unpaired) electrons. The maximum atomic E-state index is 14.3. The molecule has 0 saturated carbocycles. The quantitative estimate of drug-likeness (QED) is 0.457. The van der Waals surface area contributed by atoms with Gasteiger partial charge in [0, 0.05) is 0 Å². The molecule has 0 aliphatic heterocycles. The van der Waals surface area contributed by atoms with Crippen molar-refractivity contribution < 1.29 is 23.1 Å². The van der Waals surface area contributed by atoms with Crippen molar-refractivity contribution in [2.45, 2.75) is 56.2 Å². The molecule has 1 amide bonds. The van der Waals surface area contributed by atoms with Gasteiger partial charge in [0.2, 0.25) is 0 Å². The van der Waals surface area contributed by atoms with Gasteiger partial charge >= 0.3 is 6.18 Å². The minimum atomic E-state index is -4.95. The largest absolute Gasteiger partial charge is 0.418 e. The van der Waals surface area contributed by atoms with Crippen LogP contribution in [0.4, 0.5) is 19.0 Å². The standard InChI is InChI=1S/C26H29F3N4O2/c1-2-24(14-8-10-18-9-6-7-13-21(18)24)16-25(35,26(27,28)29)17-31-23(34)20-15-32-33(22(20)30)19-11-4-3-5-12-19/h3-7,9,11-13,15,35H,2,8,10,14,16-17,30H2,1H3,(H,31,34). The third-order valence-electron chi connectivity index (χ3n) is 7.12. The van der Waals surface area contributed by atoms with Crippen LogP contribution in [-0.4, -0.2) is 39.1 Å². The van der Waals surface area contributed by atoms with Crippen molar-refractivity contribution in [1.82, 2.24) is 15.1 Å². The number of hydrogen-bond donors (Lipinski definition) is 3. The molecule has 0 fully saturated rings. The Hall–Kier alpha value is -3.33. The van der Waals surface area contributed by atoms with E-state index in [9.17, 15) is 23.1 Å². The fourth-order valence-electron chi connectivity index (χ4n) is 5.14. The second kappa shape index (κ2) is 9.37. The van der Waals surface area contributed by atoms with Crippen LogP contribution < -0.4 is 11.1 Å². The van der Waals surface area contributed by atoms with Crippen molar-refractivity contribution in [2.75, 3.05) is 12.3 Å². The molecule has 2 unspecified atom stereocenters. The van der Waals surface area contributed by atoms with E-state index in [0.717, 1.165) is 24.0 Å². The summed E-state index contributed by atoms with van der Waals surface area (Å²) < 4.78 is 44.1. The molecule has 0 spiro atoms. The van der Waals surface area contributed by atoms with E-state index in [1.165, 1.54) is 10.9 Å². The number of nitrogens with one attached hydrogen (secondary N) is 1. The Bertz CT molecular complexity index is 1190. The van der Waals surface area contributed by atoms with E-state index < -0.39 is 36.1 Å². The lowest BCUT2D eigenvalue weighted by Gasteiger charge is -2.44. The Morgan fingerprint density at radius 2 is 1.86 bits per heavy atom. The third-order valence-corrected chi connectivity index (χ3v) is 7.12. The number of fused-ring (bicyclic) bond motifs is 1. The van der Waals surface area contributed by atoms with Crippen molar-refractivity contribution in [3.05, 3.63) is 77.5 Å². The number of carbonyl (C=O) groups excluding carboxylic acids is 1. The van der Waals surface area contributed by atoms with Gasteiger partial charge in [0.25, 0.3) is 5.91 Å². The molecule has 35 heavy (non-hydrogen) atoms. The van der Waals surface area contributed by atoms with E-state index in [4.69, 9.17) is 5.73 Å². The predicted octanol–water partition coefficient (Wildman–Crippen LogP) is 4.55. The lowest BCUT2D eigenvalue weighted by Crippen LogP contribution is -2.57. The maximum absolute atomic E-state index is 14.3. The van der Waals surface area contributed by atoms with E-state index in [0.29, 0.717) is 18.5 Å². The topological polar surface area (TPSA) is 93.2 Å². The van der Waals surface area contributed by atoms with Crippen LogP contribution in [0.2, 0.25) is 0 Å². The third kappa shape index (κ3) is 4.65. The van der Waals surface area contributed by atoms with Gasteiger partial charge < -0.3 is 16.2 Å². The molecule has 2 atom stereocenters. The van der Waals surface area contributed by atoms with Gasteiger partial charge in [-0.1, -0.05) is 49.4 Å². The van der Waals surface area contributed by atoms with E-state index in [1.54, 1.807) is 24.3 Å². The molecule has 0 bridgehead atoms. The normalized spacial score (nSPS) is 19.6. The first-order valence-electron chi connectivity index (χ1n) is 11.6. The molecule has 6 nitrogen and oxygen atoms in total. The van der Waals surface area contributed by atoms with Crippen molar-refractivity contribution in [3.63, 3.8) is 0 Å². The first-order chi connectivity index (χ1) is 16.6. The number of hydrogen-bond acceptors (Lipinski definition) is 4. The number of halogens is 3. The molecular weight excluding hydrogens is 457 g/mol. The average Bonchev–Trinajstić information content (AvgIpc) is 3.24. The summed E-state index contributed by atoms with van der Waals surface area (Å²) in [5.74, 6) is -0.836. The molecule has 1 aliphatic carbocycles. The van der Waals surface area contributed by atoms with Crippen LogP contribution in [0.3, 0.4) is 0 Å². The minimum Gasteiger partial charge on any atom is -0.383 e. The van der Waals surface area contributed by atoms with Gasteiger partial charge in [-0.2, -0.15) is 18.3 Å². The van der Waals surface area contributed by atoms with Crippen LogP contribution in [0.1, 0.15) is 54.1 Å². The van der Waals surface area contributed by atoms with Gasteiger partial charge in [0.15, 0.2) is 5.60 Å². The maximum Gasteiger partial charge on any atom is 0.418 e. The van der Waals surface area contributed by atoms with Gasteiger partial charge in [0.05, 0.1) is 18.4 Å². The fraction of sp³-hybridized carbons (Fsp3) is 0.385. The number of anilines is 1. The van der Waals surface area contributed by atoms with Gasteiger partial charge in [-0.3, -0.25) is 4.79 Å². The molecule has 1 aromatic heterocycles. The summed E-state index contributed by atoms with van der Waals surface area (Å²) in [5.41, 5.74) is 4.50. The van der Waals surface area contributed by atoms with Crippen LogP contribution in [0, 0.1) is 0 Å². The van der Waals surface area contributed by atoms with Crippen molar-refractivity contribution in [2.24, 2.45) is 0 Å². The Kier molecular flexibility index (Phi) is 6.64. The van der Waals surface area contributed by atoms with Crippen LogP contribution in [0.15, 0.2) is 60.8 Å². The number of amides is 1. The molecule has 186 valence electrons. The zero-order chi connectivity index (χ0) is 25.3. The number of aromatic nitrogens is 2. The predicted molar refractivity (Wildman–Crippen MR) is 127 cm³/mol. The Labute approximate surface area is 202 Å². The number of benzene rings is 2. The summed E-state index contributed by atoms with van der Waals surface area (Å²) in [5, 5.41) is 17.3. The second-order valence-corrected chi connectivity index (χ2v) is 9.22. The number of nitrogens with zero attached hydrogens (tertiary/aromatic N) is 2. The molecule has 2 aromatic carbocycles. The van der Waals surface area contributed by atoms with Gasteiger partial charge in [-0.15, -0.1) is 0 Å². The number of aryl methyl sites for hydroxylation is 1. The van der Waals surface area contributed by atoms with Crippen LogP contribution in [-0.2, 0) is 11.8 Å². The van der Waals surface area contributed by atoms with Crippen molar-refractivity contribution >= 4 is 11.7 Å². The lowest BCUT2D eigenvalue weighted by molar-refractivity contribution is -0.265. The minimum absolute atomic E-state index is 0.00418. The summed E-state index contributed by atoms with van der Waals surface area (Å²) in [6.07, 6.45) is -1.79. The fourth-order valence-corrected chi connectivity index (χ4v) is 5.14. The lowest BCUT2D eigenvalue weighted by atomic mass is 9.63. The summed E-state index contributed by atoms with van der Waals surface area (Å²) >= 11 is 0. The van der Waals surface area contributed by atoms with Crippen molar-refractivity contribution in [1.29, 1.82) is 0 Å². The van der Waals surface area contributed by atoms with Crippen molar-refractivity contribution in [3.8, 4) is 5.69 Å². The zero-order valence-electron chi connectivity index (χ0n) is 19.5. The summed E-state index contributed by atoms with van der Waals surface area (Å²) in [6.45, 7) is 0.853.